The number of allylic oxidation sites excluding steroid dienone is 1. The highest BCUT2D eigenvalue weighted by molar-refractivity contribution is 5.77. The maximum atomic E-state index is 13.4. The Morgan fingerprint density at radius 1 is 1.14 bits per heavy atom. The van der Waals surface area contributed by atoms with E-state index >= 15 is 0 Å². The first-order chi connectivity index (χ1) is 20.3. The molecule has 4 fully saturated rings. The number of fused-ring (bicyclic) bond motifs is 4. The molecule has 0 radical (unpaired) electrons. The van der Waals surface area contributed by atoms with Crippen LogP contribution in [0.4, 0.5) is 17.3 Å². The van der Waals surface area contributed by atoms with Gasteiger partial charge in [-0.1, -0.05) is 12.1 Å². The first kappa shape index (κ1) is 25.7. The number of nitrogens with one attached hydrogen (secondary N) is 1. The van der Waals surface area contributed by atoms with Gasteiger partial charge in [-0.05, 0) is 81.5 Å². The lowest BCUT2D eigenvalue weighted by Crippen LogP contribution is -2.67. The third-order valence-electron chi connectivity index (χ3n) is 10.2. The molecule has 10 nitrogen and oxygen atoms in total. The van der Waals surface area contributed by atoms with Gasteiger partial charge in [0.15, 0.2) is 11.5 Å². The number of pyridine rings is 1. The van der Waals surface area contributed by atoms with E-state index in [1.165, 1.54) is 17.7 Å². The quantitative estimate of drug-likeness (QED) is 0.340. The van der Waals surface area contributed by atoms with E-state index in [-0.39, 0.29) is 17.5 Å². The van der Waals surface area contributed by atoms with Crippen LogP contribution in [0.3, 0.4) is 0 Å². The number of aliphatic hydroxyl groups is 1. The number of hydrogen-bond acceptors (Lipinski definition) is 8. The van der Waals surface area contributed by atoms with E-state index in [9.17, 15) is 9.90 Å². The number of aromatic nitrogens is 5. The van der Waals surface area contributed by atoms with Crippen molar-refractivity contribution in [3.05, 3.63) is 76.4 Å². The highest BCUT2D eigenvalue weighted by atomic mass is 16.3. The molecule has 1 spiro atoms. The Kier molecular flexibility index (Phi) is 5.65. The van der Waals surface area contributed by atoms with Gasteiger partial charge >= 0.3 is 0 Å². The molecule has 4 aromatic rings. The van der Waals surface area contributed by atoms with E-state index in [0.29, 0.717) is 34.9 Å². The van der Waals surface area contributed by atoms with Crippen LogP contribution in [0.2, 0.25) is 0 Å². The van der Waals surface area contributed by atoms with E-state index in [1.807, 2.05) is 12.1 Å². The van der Waals surface area contributed by atoms with Gasteiger partial charge < -0.3 is 15.3 Å². The lowest BCUT2D eigenvalue weighted by atomic mass is 9.82. The molecule has 1 aromatic carbocycles. The first-order valence-electron chi connectivity index (χ1n) is 15.0. The van der Waals surface area contributed by atoms with Gasteiger partial charge in [0.1, 0.15) is 11.5 Å². The van der Waals surface area contributed by atoms with E-state index in [1.54, 1.807) is 21.6 Å². The monoisotopic (exact) mass is 564 g/mol. The van der Waals surface area contributed by atoms with Gasteiger partial charge in [-0.25, -0.2) is 19.3 Å². The normalized spacial score (nSPS) is 24.0. The number of aliphatic hydroxyl groups excluding tert-OH is 1. The Morgan fingerprint density at radius 2 is 1.95 bits per heavy atom. The van der Waals surface area contributed by atoms with Crippen LogP contribution in [0.25, 0.3) is 16.9 Å². The van der Waals surface area contributed by atoms with Crippen molar-refractivity contribution in [3.8, 4) is 5.82 Å². The summed E-state index contributed by atoms with van der Waals surface area (Å²) in [6.07, 6.45) is 7.95. The number of piperidine rings is 1. The molecule has 6 heterocycles. The minimum atomic E-state index is -0.586. The molecule has 42 heavy (non-hydrogen) atoms. The number of benzene rings is 1. The highest BCUT2D eigenvalue weighted by Gasteiger charge is 2.52. The standard InChI is InChI=1S/C32H36N8O2/c1-4-13-39-30(42)24-16-33-31(34-21-6-7-25(19(2)14-21)38-17-22-15-23(18-38)37(22)3)36-29(24)40(39)26-8-5-20-9-10-32(11-12-32)28(41)27(20)35-26/h4-8,14,16,22-23,28,41H,1,9-13,15,17-18H2,2-3H3,(H,33,34,36). The molecule has 0 amide bonds. The Hall–Kier alpha value is -4.02. The van der Waals surface area contributed by atoms with E-state index in [2.05, 4.69) is 58.9 Å². The molecule has 3 aromatic heterocycles. The fourth-order valence-corrected chi connectivity index (χ4v) is 7.37. The van der Waals surface area contributed by atoms with Gasteiger partial charge in [-0.3, -0.25) is 9.69 Å². The molecule has 2 N–H and O–H groups in total. The summed E-state index contributed by atoms with van der Waals surface area (Å²) in [5, 5.41) is 14.9. The van der Waals surface area contributed by atoms with Crippen LogP contribution in [-0.4, -0.2) is 66.5 Å². The first-order valence-corrected chi connectivity index (χ1v) is 15.0. The third-order valence-corrected chi connectivity index (χ3v) is 10.2. The molecule has 2 bridgehead atoms. The predicted octanol–water partition coefficient (Wildman–Crippen LogP) is 3.87. The van der Waals surface area contributed by atoms with Crippen molar-refractivity contribution in [2.75, 3.05) is 30.4 Å². The topological polar surface area (TPSA) is 104 Å². The zero-order valence-corrected chi connectivity index (χ0v) is 24.1. The average molecular weight is 565 g/mol. The summed E-state index contributed by atoms with van der Waals surface area (Å²) in [5.41, 5.74) is 5.37. The van der Waals surface area contributed by atoms with Crippen molar-refractivity contribution < 1.29 is 5.11 Å². The molecule has 5 aliphatic rings. The van der Waals surface area contributed by atoms with Crippen molar-refractivity contribution in [2.24, 2.45) is 5.41 Å². The van der Waals surface area contributed by atoms with Crippen molar-refractivity contribution in [3.63, 3.8) is 0 Å². The largest absolute Gasteiger partial charge is 0.386 e. The molecule has 1 saturated carbocycles. The molecule has 10 heteroatoms. The smallest absolute Gasteiger partial charge is 0.278 e. The zero-order valence-electron chi connectivity index (χ0n) is 24.1. The van der Waals surface area contributed by atoms with Gasteiger partial charge in [-0.15, -0.1) is 6.58 Å². The molecule has 9 rings (SSSR count). The number of aryl methyl sites for hydroxylation is 2. The summed E-state index contributed by atoms with van der Waals surface area (Å²) >= 11 is 0. The summed E-state index contributed by atoms with van der Waals surface area (Å²) < 4.78 is 3.31. The van der Waals surface area contributed by atoms with Crippen molar-refractivity contribution >= 4 is 28.4 Å². The minimum absolute atomic E-state index is 0.0319. The van der Waals surface area contributed by atoms with Gasteiger partial charge in [0.05, 0.1) is 12.2 Å². The van der Waals surface area contributed by atoms with Crippen LogP contribution < -0.4 is 15.8 Å². The number of piperazine rings is 1. The molecular formula is C32H36N8O2. The third kappa shape index (κ3) is 3.85. The number of rotatable bonds is 6. The Morgan fingerprint density at radius 3 is 2.67 bits per heavy atom. The van der Waals surface area contributed by atoms with Crippen LogP contribution in [0.15, 0.2) is 54.0 Å². The van der Waals surface area contributed by atoms with Crippen LogP contribution in [0.5, 0.6) is 0 Å². The van der Waals surface area contributed by atoms with E-state index < -0.39 is 6.10 Å². The number of nitrogens with zero attached hydrogens (tertiary/aromatic N) is 7. The van der Waals surface area contributed by atoms with Crippen molar-refractivity contribution in [2.45, 2.75) is 63.8 Å². The fourth-order valence-electron chi connectivity index (χ4n) is 7.37. The van der Waals surface area contributed by atoms with Gasteiger partial charge in [0.2, 0.25) is 5.95 Å². The van der Waals surface area contributed by atoms with Gasteiger partial charge in [0.25, 0.3) is 5.56 Å². The van der Waals surface area contributed by atoms with Gasteiger partial charge in [0, 0.05) is 48.2 Å². The Balaban J connectivity index is 1.14. The van der Waals surface area contributed by atoms with E-state index in [0.717, 1.165) is 55.7 Å². The molecule has 3 atom stereocenters. The predicted molar refractivity (Wildman–Crippen MR) is 163 cm³/mol. The number of anilines is 3. The average Bonchev–Trinajstić information content (AvgIpc) is 3.74. The lowest BCUT2D eigenvalue weighted by Gasteiger charge is -2.55. The van der Waals surface area contributed by atoms with Crippen LogP contribution in [0, 0.1) is 12.3 Å². The van der Waals surface area contributed by atoms with Crippen molar-refractivity contribution in [1.82, 2.24) is 29.2 Å². The maximum absolute atomic E-state index is 13.4. The molecule has 216 valence electrons. The van der Waals surface area contributed by atoms with E-state index in [4.69, 9.17) is 9.97 Å². The SMILES string of the molecule is C=CCn1c(=O)c2cnc(Nc3ccc(N4CC5CC(C4)N5C)c(C)c3)nc2n1-c1ccc2c(n1)C(O)C1(CC2)CC1. The Labute approximate surface area is 244 Å². The minimum Gasteiger partial charge on any atom is -0.386 e. The fraction of sp³-hybridized carbons (Fsp3) is 0.438. The van der Waals surface area contributed by atoms with Crippen LogP contribution in [-0.2, 0) is 13.0 Å². The lowest BCUT2D eigenvalue weighted by molar-refractivity contribution is 0.0263. The van der Waals surface area contributed by atoms with Crippen LogP contribution in [0.1, 0.15) is 48.6 Å². The van der Waals surface area contributed by atoms with Crippen LogP contribution >= 0.6 is 0 Å². The summed E-state index contributed by atoms with van der Waals surface area (Å²) in [4.78, 5) is 32.7. The van der Waals surface area contributed by atoms with Gasteiger partial charge in [-0.2, -0.15) is 4.98 Å². The molecule has 2 aliphatic carbocycles. The zero-order chi connectivity index (χ0) is 28.7. The summed E-state index contributed by atoms with van der Waals surface area (Å²) in [6, 6.07) is 11.6. The molecule has 3 aliphatic heterocycles. The number of hydrogen-bond donors (Lipinski definition) is 2. The highest BCUT2D eigenvalue weighted by Crippen LogP contribution is 2.60. The summed E-state index contributed by atoms with van der Waals surface area (Å²) in [7, 11) is 2.23. The summed E-state index contributed by atoms with van der Waals surface area (Å²) in [6.45, 7) is 8.42. The molecule has 3 unspecified atom stereocenters. The number of likely N-dealkylation sites (N-methyl/N-ethyl adjacent to an activating group) is 1. The second kappa shape index (κ2) is 9.24. The second-order valence-electron chi connectivity index (χ2n) is 12.6. The molecule has 3 saturated heterocycles. The second-order valence-corrected chi connectivity index (χ2v) is 12.6. The molecular weight excluding hydrogens is 528 g/mol. The maximum Gasteiger partial charge on any atom is 0.278 e. The van der Waals surface area contributed by atoms with Crippen molar-refractivity contribution in [1.29, 1.82) is 0 Å². The summed E-state index contributed by atoms with van der Waals surface area (Å²) in [5.74, 6) is 0.949. The Bertz CT molecular complexity index is 1790.